The fraction of sp³-hybridized carbons (Fsp3) is 0.556. The third-order valence-electron chi connectivity index (χ3n) is 2.08. The Bertz CT molecular complexity index is 293. The SMILES string of the molecule is CCC(C)c1nocc1C(=O)OC. The zero-order chi connectivity index (χ0) is 9.84. The number of carbonyl (C=O) groups excluding carboxylic acids is 1. The molecule has 0 N–H and O–H groups in total. The molecule has 1 rings (SSSR count). The summed E-state index contributed by atoms with van der Waals surface area (Å²) in [5.41, 5.74) is 1.10. The van der Waals surface area contributed by atoms with Crippen molar-refractivity contribution in [3.05, 3.63) is 17.5 Å². The van der Waals surface area contributed by atoms with Gasteiger partial charge in [0.05, 0.1) is 7.11 Å². The van der Waals surface area contributed by atoms with Crippen LogP contribution >= 0.6 is 0 Å². The van der Waals surface area contributed by atoms with Gasteiger partial charge in [0, 0.05) is 5.92 Å². The van der Waals surface area contributed by atoms with E-state index in [1.54, 1.807) is 0 Å². The van der Waals surface area contributed by atoms with E-state index in [1.807, 2.05) is 13.8 Å². The molecule has 0 saturated carbocycles. The molecule has 0 aliphatic carbocycles. The van der Waals surface area contributed by atoms with Crippen LogP contribution in [0.2, 0.25) is 0 Å². The lowest BCUT2D eigenvalue weighted by Gasteiger charge is -2.04. The molecule has 1 unspecified atom stereocenters. The number of aromatic nitrogens is 1. The van der Waals surface area contributed by atoms with Crippen LogP contribution in [0, 0.1) is 0 Å². The molecular weight excluding hydrogens is 170 g/mol. The Labute approximate surface area is 76.9 Å². The van der Waals surface area contributed by atoms with Crippen LogP contribution in [0.4, 0.5) is 0 Å². The molecule has 0 aliphatic rings. The van der Waals surface area contributed by atoms with Gasteiger partial charge in [-0.2, -0.15) is 0 Å². The fourth-order valence-electron chi connectivity index (χ4n) is 1.06. The fourth-order valence-corrected chi connectivity index (χ4v) is 1.06. The van der Waals surface area contributed by atoms with Crippen LogP contribution in [0.5, 0.6) is 0 Å². The monoisotopic (exact) mass is 183 g/mol. The molecule has 0 spiro atoms. The van der Waals surface area contributed by atoms with Crippen molar-refractivity contribution in [2.75, 3.05) is 7.11 Å². The van der Waals surface area contributed by atoms with Gasteiger partial charge in [-0.05, 0) is 6.42 Å². The largest absolute Gasteiger partial charge is 0.465 e. The minimum Gasteiger partial charge on any atom is -0.465 e. The number of hydrogen-bond acceptors (Lipinski definition) is 4. The maximum atomic E-state index is 11.2. The molecule has 0 amide bonds. The topological polar surface area (TPSA) is 52.3 Å². The van der Waals surface area contributed by atoms with E-state index < -0.39 is 5.97 Å². The van der Waals surface area contributed by atoms with Crippen LogP contribution in [-0.4, -0.2) is 18.2 Å². The Kier molecular flexibility index (Phi) is 3.06. The third-order valence-corrected chi connectivity index (χ3v) is 2.08. The van der Waals surface area contributed by atoms with Gasteiger partial charge < -0.3 is 9.26 Å². The highest BCUT2D eigenvalue weighted by Gasteiger charge is 2.19. The minimum atomic E-state index is -0.392. The van der Waals surface area contributed by atoms with Crippen molar-refractivity contribution in [2.24, 2.45) is 0 Å². The van der Waals surface area contributed by atoms with Crippen molar-refractivity contribution in [1.29, 1.82) is 0 Å². The molecule has 0 aromatic carbocycles. The smallest absolute Gasteiger partial charge is 0.343 e. The molecule has 13 heavy (non-hydrogen) atoms. The Hall–Kier alpha value is -1.32. The van der Waals surface area contributed by atoms with Gasteiger partial charge in [-0.3, -0.25) is 0 Å². The first-order chi connectivity index (χ1) is 6.20. The highest BCUT2D eigenvalue weighted by atomic mass is 16.5. The normalized spacial score (nSPS) is 12.5. The lowest BCUT2D eigenvalue weighted by atomic mass is 10.0. The van der Waals surface area contributed by atoms with Crippen molar-refractivity contribution in [1.82, 2.24) is 5.16 Å². The van der Waals surface area contributed by atoms with Gasteiger partial charge in [0.25, 0.3) is 0 Å². The molecule has 1 aromatic rings. The number of ether oxygens (including phenoxy) is 1. The van der Waals surface area contributed by atoms with Gasteiger partial charge in [0.2, 0.25) is 0 Å². The number of carbonyl (C=O) groups is 1. The first kappa shape index (κ1) is 9.77. The Morgan fingerprint density at radius 3 is 3.00 bits per heavy atom. The molecule has 1 heterocycles. The standard InChI is InChI=1S/C9H13NO3/c1-4-6(2)8-7(5-13-10-8)9(11)12-3/h5-6H,4H2,1-3H3. The number of nitrogens with zero attached hydrogens (tertiary/aromatic N) is 1. The second-order valence-corrected chi connectivity index (χ2v) is 2.91. The summed E-state index contributed by atoms with van der Waals surface area (Å²) in [4.78, 5) is 11.2. The molecular formula is C9H13NO3. The average molecular weight is 183 g/mol. The van der Waals surface area contributed by atoms with Crippen molar-refractivity contribution in [2.45, 2.75) is 26.2 Å². The van der Waals surface area contributed by atoms with E-state index in [2.05, 4.69) is 9.89 Å². The van der Waals surface area contributed by atoms with E-state index in [-0.39, 0.29) is 5.92 Å². The summed E-state index contributed by atoms with van der Waals surface area (Å²) in [6, 6.07) is 0. The second-order valence-electron chi connectivity index (χ2n) is 2.91. The zero-order valence-electron chi connectivity index (χ0n) is 8.03. The first-order valence-electron chi connectivity index (χ1n) is 4.23. The molecule has 4 heteroatoms. The number of esters is 1. The van der Waals surface area contributed by atoms with Gasteiger partial charge in [0.1, 0.15) is 17.5 Å². The quantitative estimate of drug-likeness (QED) is 0.672. The summed E-state index contributed by atoms with van der Waals surface area (Å²) in [5.74, 6) is -0.176. The number of hydrogen-bond donors (Lipinski definition) is 0. The van der Waals surface area contributed by atoms with Crippen LogP contribution in [0.3, 0.4) is 0 Å². The maximum absolute atomic E-state index is 11.2. The van der Waals surface area contributed by atoms with Crippen LogP contribution in [0.1, 0.15) is 42.2 Å². The highest BCUT2D eigenvalue weighted by molar-refractivity contribution is 5.90. The molecule has 0 aliphatic heterocycles. The maximum Gasteiger partial charge on any atom is 0.343 e. The minimum absolute atomic E-state index is 0.216. The molecule has 1 atom stereocenters. The Balaban J connectivity index is 2.95. The van der Waals surface area contributed by atoms with E-state index in [0.717, 1.165) is 6.42 Å². The van der Waals surface area contributed by atoms with E-state index in [9.17, 15) is 4.79 Å². The van der Waals surface area contributed by atoms with Crippen LogP contribution < -0.4 is 0 Å². The number of rotatable bonds is 3. The van der Waals surface area contributed by atoms with E-state index in [0.29, 0.717) is 11.3 Å². The lowest BCUT2D eigenvalue weighted by Crippen LogP contribution is -2.05. The van der Waals surface area contributed by atoms with Gasteiger partial charge in [-0.1, -0.05) is 19.0 Å². The summed E-state index contributed by atoms with van der Waals surface area (Å²) in [7, 11) is 1.34. The van der Waals surface area contributed by atoms with Gasteiger partial charge in [-0.25, -0.2) is 4.79 Å². The first-order valence-corrected chi connectivity index (χ1v) is 4.23. The molecule has 0 bridgehead atoms. The van der Waals surface area contributed by atoms with E-state index >= 15 is 0 Å². The van der Waals surface area contributed by atoms with Crippen molar-refractivity contribution < 1.29 is 14.1 Å². The summed E-state index contributed by atoms with van der Waals surface area (Å²) < 4.78 is 9.33. The van der Waals surface area contributed by atoms with Gasteiger partial charge in [-0.15, -0.1) is 0 Å². The predicted octanol–water partition coefficient (Wildman–Crippen LogP) is 1.97. The Morgan fingerprint density at radius 2 is 2.46 bits per heavy atom. The van der Waals surface area contributed by atoms with Crippen LogP contribution in [-0.2, 0) is 4.74 Å². The van der Waals surface area contributed by atoms with Gasteiger partial charge in [0.15, 0.2) is 0 Å². The second kappa shape index (κ2) is 4.07. The van der Waals surface area contributed by atoms with Gasteiger partial charge >= 0.3 is 5.97 Å². The van der Waals surface area contributed by atoms with Crippen LogP contribution in [0.15, 0.2) is 10.8 Å². The molecule has 0 fully saturated rings. The summed E-state index contributed by atoms with van der Waals surface area (Å²) >= 11 is 0. The van der Waals surface area contributed by atoms with E-state index in [4.69, 9.17) is 4.52 Å². The highest BCUT2D eigenvalue weighted by Crippen LogP contribution is 2.21. The predicted molar refractivity (Wildman–Crippen MR) is 46.5 cm³/mol. The summed E-state index contributed by atoms with van der Waals surface area (Å²) in [6.07, 6.45) is 2.24. The average Bonchev–Trinajstić information content (AvgIpc) is 2.63. The Morgan fingerprint density at radius 1 is 1.77 bits per heavy atom. The third kappa shape index (κ3) is 1.88. The lowest BCUT2D eigenvalue weighted by molar-refractivity contribution is 0.0598. The zero-order valence-corrected chi connectivity index (χ0v) is 8.03. The molecule has 72 valence electrons. The van der Waals surface area contributed by atoms with Crippen LogP contribution in [0.25, 0.3) is 0 Å². The van der Waals surface area contributed by atoms with Crippen molar-refractivity contribution in [3.8, 4) is 0 Å². The van der Waals surface area contributed by atoms with Crippen molar-refractivity contribution >= 4 is 5.97 Å². The molecule has 0 radical (unpaired) electrons. The summed E-state index contributed by atoms with van der Waals surface area (Å²) in [5, 5.41) is 3.78. The van der Waals surface area contributed by atoms with Crippen molar-refractivity contribution in [3.63, 3.8) is 0 Å². The molecule has 1 aromatic heterocycles. The number of methoxy groups -OCH3 is 1. The molecule has 4 nitrogen and oxygen atoms in total. The summed E-state index contributed by atoms with van der Waals surface area (Å²) in [6.45, 7) is 4.02. The van der Waals surface area contributed by atoms with E-state index in [1.165, 1.54) is 13.4 Å². The molecule has 0 saturated heterocycles.